The van der Waals surface area contributed by atoms with Crippen LogP contribution in [-0.4, -0.2) is 44.9 Å². The van der Waals surface area contributed by atoms with Gasteiger partial charge >= 0.3 is 0 Å². The quantitative estimate of drug-likeness (QED) is 0.360. The van der Waals surface area contributed by atoms with Gasteiger partial charge in [-0.05, 0) is 49.9 Å². The molecule has 0 radical (unpaired) electrons. The molecule has 0 saturated carbocycles. The molecule has 1 aliphatic heterocycles. The fourth-order valence-corrected chi connectivity index (χ4v) is 3.65. The average Bonchev–Trinajstić information content (AvgIpc) is 2.71. The summed E-state index contributed by atoms with van der Waals surface area (Å²) in [5.41, 5.74) is 4.58. The van der Waals surface area contributed by atoms with Gasteiger partial charge in [0.1, 0.15) is 0 Å². The van der Waals surface area contributed by atoms with Crippen LogP contribution in [0.25, 0.3) is 0 Å². The highest BCUT2D eigenvalue weighted by Crippen LogP contribution is 2.22. The molecule has 1 saturated heterocycles. The van der Waals surface area contributed by atoms with E-state index in [0.29, 0.717) is 6.04 Å². The maximum Gasteiger partial charge on any atom is 0.204 e. The molecule has 7 nitrogen and oxygen atoms in total. The van der Waals surface area contributed by atoms with E-state index in [2.05, 4.69) is 46.2 Å². The molecule has 3 rings (SSSR count). The summed E-state index contributed by atoms with van der Waals surface area (Å²) < 4.78 is 0. The molecule has 7 heteroatoms. The molecular formula is C21H27N7. The molecule has 0 bridgehead atoms. The molecule has 1 fully saturated rings. The summed E-state index contributed by atoms with van der Waals surface area (Å²) in [7, 11) is 0. The minimum Gasteiger partial charge on any atom is -0.342 e. The second kappa shape index (κ2) is 9.29. The SMILES string of the molecule is Cc1cccnc1CN(Cc1ncccc1C)C1CCN(C(=N)NC#N)CC1. The molecule has 0 spiro atoms. The fourth-order valence-electron chi connectivity index (χ4n) is 3.65. The van der Waals surface area contributed by atoms with Crippen LogP contribution in [0.15, 0.2) is 36.7 Å². The van der Waals surface area contributed by atoms with Gasteiger partial charge in [-0.25, -0.2) is 0 Å². The van der Waals surface area contributed by atoms with Gasteiger partial charge in [0.15, 0.2) is 6.19 Å². The predicted octanol–water partition coefficient (Wildman–Crippen LogP) is 2.57. The van der Waals surface area contributed by atoms with Crippen molar-refractivity contribution in [2.24, 2.45) is 0 Å². The van der Waals surface area contributed by atoms with Gasteiger partial charge in [0.05, 0.1) is 11.4 Å². The van der Waals surface area contributed by atoms with Crippen LogP contribution >= 0.6 is 0 Å². The fraction of sp³-hybridized carbons (Fsp3) is 0.429. The van der Waals surface area contributed by atoms with Crippen molar-refractivity contribution in [1.82, 2.24) is 25.1 Å². The Labute approximate surface area is 166 Å². The number of guanidine groups is 1. The summed E-state index contributed by atoms with van der Waals surface area (Å²) in [6.07, 6.45) is 7.41. The van der Waals surface area contributed by atoms with Crippen LogP contribution in [0.1, 0.15) is 35.4 Å². The number of likely N-dealkylation sites (tertiary alicyclic amines) is 1. The highest BCUT2D eigenvalue weighted by Gasteiger charge is 2.27. The molecule has 0 unspecified atom stereocenters. The monoisotopic (exact) mass is 377 g/mol. The minimum atomic E-state index is 0.189. The lowest BCUT2D eigenvalue weighted by Crippen LogP contribution is -2.49. The summed E-state index contributed by atoms with van der Waals surface area (Å²) in [6, 6.07) is 8.53. The third-order valence-electron chi connectivity index (χ3n) is 5.41. The lowest BCUT2D eigenvalue weighted by atomic mass is 10.0. The van der Waals surface area contributed by atoms with Crippen molar-refractivity contribution in [3.05, 3.63) is 59.2 Å². The van der Waals surface area contributed by atoms with E-state index < -0.39 is 0 Å². The predicted molar refractivity (Wildman–Crippen MR) is 108 cm³/mol. The van der Waals surface area contributed by atoms with Gasteiger partial charge in [-0.15, -0.1) is 0 Å². The van der Waals surface area contributed by atoms with Crippen LogP contribution in [-0.2, 0) is 13.1 Å². The largest absolute Gasteiger partial charge is 0.342 e. The Kier molecular flexibility index (Phi) is 6.56. The van der Waals surface area contributed by atoms with Gasteiger partial charge in [-0.1, -0.05) is 12.1 Å². The normalized spacial score (nSPS) is 14.7. The molecular weight excluding hydrogens is 350 g/mol. The van der Waals surface area contributed by atoms with E-state index in [4.69, 9.17) is 10.7 Å². The Bertz CT molecular complexity index is 802. The number of pyridine rings is 2. The summed E-state index contributed by atoms with van der Waals surface area (Å²) in [6.45, 7) is 7.28. The van der Waals surface area contributed by atoms with Crippen LogP contribution < -0.4 is 5.32 Å². The smallest absolute Gasteiger partial charge is 0.204 e. The van der Waals surface area contributed by atoms with Crippen molar-refractivity contribution in [3.8, 4) is 6.19 Å². The molecule has 1 aliphatic rings. The Morgan fingerprint density at radius 1 is 1.14 bits per heavy atom. The number of hydrogen-bond donors (Lipinski definition) is 2. The maximum atomic E-state index is 8.74. The molecule has 2 aromatic heterocycles. The molecule has 0 atom stereocenters. The molecule has 3 heterocycles. The number of nitrogens with zero attached hydrogens (tertiary/aromatic N) is 5. The number of aryl methyl sites for hydroxylation is 2. The van der Waals surface area contributed by atoms with Crippen molar-refractivity contribution < 1.29 is 0 Å². The lowest BCUT2D eigenvalue weighted by Gasteiger charge is -2.39. The van der Waals surface area contributed by atoms with E-state index in [0.717, 1.165) is 50.4 Å². The van der Waals surface area contributed by atoms with Crippen LogP contribution in [0.4, 0.5) is 0 Å². The van der Waals surface area contributed by atoms with E-state index in [1.165, 1.54) is 11.1 Å². The molecule has 146 valence electrons. The maximum absolute atomic E-state index is 8.74. The highest BCUT2D eigenvalue weighted by molar-refractivity contribution is 5.78. The Morgan fingerprint density at radius 2 is 1.68 bits per heavy atom. The second-order valence-electron chi connectivity index (χ2n) is 7.24. The topological polar surface area (TPSA) is 91.9 Å². The van der Waals surface area contributed by atoms with Crippen molar-refractivity contribution in [2.75, 3.05) is 13.1 Å². The summed E-state index contributed by atoms with van der Waals surface area (Å²) in [5, 5.41) is 19.1. The van der Waals surface area contributed by atoms with Crippen LogP contribution in [0.2, 0.25) is 0 Å². The van der Waals surface area contributed by atoms with Gasteiger partial charge in [0, 0.05) is 44.6 Å². The van der Waals surface area contributed by atoms with Crippen molar-refractivity contribution in [1.29, 1.82) is 10.7 Å². The molecule has 2 N–H and O–H groups in total. The zero-order valence-corrected chi connectivity index (χ0v) is 16.5. The van der Waals surface area contributed by atoms with Crippen LogP contribution in [0.5, 0.6) is 0 Å². The second-order valence-corrected chi connectivity index (χ2v) is 7.24. The van der Waals surface area contributed by atoms with Crippen molar-refractivity contribution in [3.63, 3.8) is 0 Å². The van der Waals surface area contributed by atoms with Crippen molar-refractivity contribution >= 4 is 5.96 Å². The molecule has 2 aromatic rings. The Balaban J connectivity index is 1.75. The summed E-state index contributed by atoms with van der Waals surface area (Å²) in [5.74, 6) is 0.189. The first-order valence-corrected chi connectivity index (χ1v) is 9.62. The first-order chi connectivity index (χ1) is 13.6. The minimum absolute atomic E-state index is 0.189. The molecule has 0 aliphatic carbocycles. The zero-order chi connectivity index (χ0) is 19.9. The number of piperidine rings is 1. The van der Waals surface area contributed by atoms with Gasteiger partial charge in [-0.3, -0.25) is 25.6 Å². The van der Waals surface area contributed by atoms with E-state index in [9.17, 15) is 0 Å². The van der Waals surface area contributed by atoms with E-state index in [-0.39, 0.29) is 5.96 Å². The number of hydrogen-bond acceptors (Lipinski definition) is 5. The summed E-state index contributed by atoms with van der Waals surface area (Å²) in [4.78, 5) is 13.6. The number of nitrogens with one attached hydrogen (secondary N) is 2. The van der Waals surface area contributed by atoms with Crippen LogP contribution in [0, 0.1) is 30.7 Å². The first kappa shape index (κ1) is 19.8. The molecule has 0 aromatic carbocycles. The number of rotatable bonds is 5. The highest BCUT2D eigenvalue weighted by atomic mass is 15.3. The van der Waals surface area contributed by atoms with E-state index in [1.54, 1.807) is 0 Å². The Hall–Kier alpha value is -2.98. The Morgan fingerprint density at radius 3 is 2.14 bits per heavy atom. The average molecular weight is 377 g/mol. The van der Waals surface area contributed by atoms with E-state index in [1.807, 2.05) is 35.6 Å². The summed E-state index contributed by atoms with van der Waals surface area (Å²) >= 11 is 0. The molecule has 0 amide bonds. The van der Waals surface area contributed by atoms with Gasteiger partial charge in [0.2, 0.25) is 5.96 Å². The standard InChI is InChI=1S/C21H27N7/c1-16-5-3-9-24-19(16)13-28(14-20-17(2)6-4-10-25-20)18-7-11-27(12-8-18)21(23)26-15-22/h3-6,9-10,18H,7-8,11-14H2,1-2H3,(H2,23,26). The number of nitriles is 1. The third kappa shape index (κ3) is 4.84. The third-order valence-corrected chi connectivity index (χ3v) is 5.41. The zero-order valence-electron chi connectivity index (χ0n) is 16.5. The first-order valence-electron chi connectivity index (χ1n) is 9.62. The van der Waals surface area contributed by atoms with Gasteiger partial charge in [-0.2, -0.15) is 5.26 Å². The van der Waals surface area contributed by atoms with Crippen LogP contribution in [0.3, 0.4) is 0 Å². The van der Waals surface area contributed by atoms with Gasteiger partial charge in [0.25, 0.3) is 0 Å². The molecule has 28 heavy (non-hydrogen) atoms. The van der Waals surface area contributed by atoms with E-state index >= 15 is 0 Å². The van der Waals surface area contributed by atoms with Gasteiger partial charge < -0.3 is 4.90 Å². The number of aromatic nitrogens is 2. The lowest BCUT2D eigenvalue weighted by molar-refractivity contribution is 0.117. The van der Waals surface area contributed by atoms with Crippen molar-refractivity contribution in [2.45, 2.75) is 45.8 Å².